The maximum atomic E-state index is 12.4. The Kier molecular flexibility index (Phi) is 5.36. The van der Waals surface area contributed by atoms with Crippen molar-refractivity contribution in [2.45, 2.75) is 45.2 Å². The molecule has 0 radical (unpaired) electrons. The van der Waals surface area contributed by atoms with E-state index >= 15 is 0 Å². The minimum absolute atomic E-state index is 0.0805. The average Bonchev–Trinajstić information content (AvgIpc) is 3.17. The summed E-state index contributed by atoms with van der Waals surface area (Å²) in [6.07, 6.45) is 2.54. The number of carbonyl (C=O) groups is 1. The normalized spacial score (nSPS) is 17.5. The van der Waals surface area contributed by atoms with Crippen molar-refractivity contribution in [3.8, 4) is 0 Å². The molecule has 1 amide bonds. The fourth-order valence-corrected chi connectivity index (χ4v) is 3.75. The van der Waals surface area contributed by atoms with Gasteiger partial charge in [-0.05, 0) is 44.4 Å². The van der Waals surface area contributed by atoms with Gasteiger partial charge in [0.25, 0.3) is 0 Å². The number of rotatable bonds is 5. The predicted octanol–water partition coefficient (Wildman–Crippen LogP) is 3.28. The van der Waals surface area contributed by atoms with Gasteiger partial charge in [-0.2, -0.15) is 4.37 Å². The highest BCUT2D eigenvalue weighted by Gasteiger charge is 2.33. The molecule has 1 unspecified atom stereocenters. The Morgan fingerprint density at radius 3 is 2.88 bits per heavy atom. The summed E-state index contributed by atoms with van der Waals surface area (Å²) >= 11 is 7.28. The monoisotopic (exact) mass is 364 g/mol. The van der Waals surface area contributed by atoms with E-state index in [4.69, 9.17) is 11.6 Å². The van der Waals surface area contributed by atoms with Gasteiger partial charge in [0.05, 0.1) is 0 Å². The topological polar surface area (TPSA) is 58.1 Å². The highest BCUT2D eigenvalue weighted by atomic mass is 35.5. The molecule has 5 nitrogen and oxygen atoms in total. The van der Waals surface area contributed by atoms with E-state index in [1.54, 1.807) is 0 Å². The Balaban J connectivity index is 1.70. The third kappa shape index (κ3) is 4.05. The molecule has 1 fully saturated rings. The number of carbonyl (C=O) groups excluding carboxylic acids is 1. The molecular weight excluding hydrogens is 344 g/mol. The van der Waals surface area contributed by atoms with E-state index < -0.39 is 0 Å². The predicted molar refractivity (Wildman–Crippen MR) is 97.8 cm³/mol. The Morgan fingerprint density at radius 2 is 2.17 bits per heavy atom. The van der Waals surface area contributed by atoms with E-state index in [9.17, 15) is 4.79 Å². The molecular formula is C17H21ClN4OS. The van der Waals surface area contributed by atoms with Crippen LogP contribution in [0.3, 0.4) is 0 Å². The fraction of sp³-hybridized carbons (Fsp3) is 0.471. The summed E-state index contributed by atoms with van der Waals surface area (Å²) in [4.78, 5) is 19.1. The zero-order valence-electron chi connectivity index (χ0n) is 13.8. The Hall–Kier alpha value is -1.66. The van der Waals surface area contributed by atoms with Gasteiger partial charge in [-0.1, -0.05) is 23.7 Å². The average molecular weight is 365 g/mol. The van der Waals surface area contributed by atoms with Crippen LogP contribution >= 0.6 is 23.1 Å². The summed E-state index contributed by atoms with van der Waals surface area (Å²) in [5.41, 5.74) is 1.12. The minimum atomic E-state index is -0.135. The summed E-state index contributed by atoms with van der Waals surface area (Å²) in [6.45, 7) is 4.81. The van der Waals surface area contributed by atoms with Gasteiger partial charge in [0.1, 0.15) is 11.9 Å². The standard InChI is InChI=1S/C17H21ClN4OS/c1-11(2)19-16(23)14-4-3-9-22(14)17-20-15(21-24-17)10-12-5-7-13(18)8-6-12/h5-8,11,14H,3-4,9-10H2,1-2H3,(H,19,23). The van der Waals surface area contributed by atoms with Crippen molar-refractivity contribution in [3.05, 3.63) is 40.7 Å². The van der Waals surface area contributed by atoms with Gasteiger partial charge in [0, 0.05) is 35.6 Å². The van der Waals surface area contributed by atoms with Crippen LogP contribution < -0.4 is 10.2 Å². The first-order chi connectivity index (χ1) is 11.5. The maximum absolute atomic E-state index is 12.4. The second-order valence-corrected chi connectivity index (χ2v) is 7.48. The van der Waals surface area contributed by atoms with Crippen LogP contribution in [-0.4, -0.2) is 33.9 Å². The molecule has 0 aliphatic carbocycles. The fourth-order valence-electron chi connectivity index (χ4n) is 2.87. The summed E-state index contributed by atoms with van der Waals surface area (Å²) in [6, 6.07) is 7.72. The molecule has 0 bridgehead atoms. The summed E-state index contributed by atoms with van der Waals surface area (Å²) in [5.74, 6) is 0.865. The quantitative estimate of drug-likeness (QED) is 0.884. The Morgan fingerprint density at radius 1 is 1.42 bits per heavy atom. The zero-order valence-corrected chi connectivity index (χ0v) is 15.4. The van der Waals surface area contributed by atoms with Gasteiger partial charge in [-0.15, -0.1) is 0 Å². The molecule has 24 heavy (non-hydrogen) atoms. The lowest BCUT2D eigenvalue weighted by Crippen LogP contribution is -2.45. The van der Waals surface area contributed by atoms with Crippen LogP contribution in [0.5, 0.6) is 0 Å². The first-order valence-corrected chi connectivity index (χ1v) is 9.32. The van der Waals surface area contributed by atoms with Crippen LogP contribution in [0, 0.1) is 0 Å². The van der Waals surface area contributed by atoms with Crippen LogP contribution in [0.25, 0.3) is 0 Å². The number of hydrogen-bond donors (Lipinski definition) is 1. The Bertz CT molecular complexity index is 701. The van der Waals surface area contributed by atoms with Crippen molar-refractivity contribution in [1.82, 2.24) is 14.7 Å². The number of nitrogens with one attached hydrogen (secondary N) is 1. The third-order valence-electron chi connectivity index (χ3n) is 3.96. The number of benzene rings is 1. The maximum Gasteiger partial charge on any atom is 0.242 e. The number of aromatic nitrogens is 2. The first kappa shape index (κ1) is 17.2. The molecule has 0 spiro atoms. The second kappa shape index (κ2) is 7.49. The largest absolute Gasteiger partial charge is 0.352 e. The van der Waals surface area contributed by atoms with Gasteiger partial charge in [-0.25, -0.2) is 4.98 Å². The SMILES string of the molecule is CC(C)NC(=O)C1CCCN1c1nc(Cc2ccc(Cl)cc2)ns1. The van der Waals surface area contributed by atoms with Crippen molar-refractivity contribution in [2.75, 3.05) is 11.4 Å². The van der Waals surface area contributed by atoms with E-state index in [1.807, 2.05) is 38.1 Å². The van der Waals surface area contributed by atoms with Crippen LogP contribution in [-0.2, 0) is 11.2 Å². The van der Waals surface area contributed by atoms with Crippen molar-refractivity contribution >= 4 is 34.2 Å². The third-order valence-corrected chi connectivity index (χ3v) is 5.01. The molecule has 1 aromatic carbocycles. The van der Waals surface area contributed by atoms with Gasteiger partial charge in [0.2, 0.25) is 11.0 Å². The molecule has 2 aromatic rings. The molecule has 0 saturated carbocycles. The summed E-state index contributed by atoms with van der Waals surface area (Å²) in [7, 11) is 0. The van der Waals surface area contributed by atoms with E-state index in [0.29, 0.717) is 6.42 Å². The minimum Gasteiger partial charge on any atom is -0.352 e. The summed E-state index contributed by atoms with van der Waals surface area (Å²) < 4.78 is 4.46. The van der Waals surface area contributed by atoms with Crippen molar-refractivity contribution in [2.24, 2.45) is 0 Å². The number of amides is 1. The number of halogens is 1. The highest BCUT2D eigenvalue weighted by molar-refractivity contribution is 7.09. The van der Waals surface area contributed by atoms with Gasteiger partial charge >= 0.3 is 0 Å². The second-order valence-electron chi connectivity index (χ2n) is 6.31. The lowest BCUT2D eigenvalue weighted by Gasteiger charge is -2.23. The molecule has 1 atom stereocenters. The van der Waals surface area contributed by atoms with Crippen LogP contribution in [0.4, 0.5) is 5.13 Å². The smallest absolute Gasteiger partial charge is 0.242 e. The van der Waals surface area contributed by atoms with Crippen molar-refractivity contribution in [1.29, 1.82) is 0 Å². The molecule has 7 heteroatoms. The van der Waals surface area contributed by atoms with Gasteiger partial charge in [-0.3, -0.25) is 4.79 Å². The number of anilines is 1. The molecule has 1 aliphatic heterocycles. The molecule has 3 rings (SSSR count). The molecule has 2 heterocycles. The summed E-state index contributed by atoms with van der Waals surface area (Å²) in [5, 5.41) is 4.56. The zero-order chi connectivity index (χ0) is 17.1. The number of nitrogens with zero attached hydrogens (tertiary/aromatic N) is 3. The first-order valence-electron chi connectivity index (χ1n) is 8.17. The molecule has 128 valence electrons. The van der Waals surface area contributed by atoms with Gasteiger partial charge in [0.15, 0.2) is 0 Å². The van der Waals surface area contributed by atoms with Crippen molar-refractivity contribution < 1.29 is 4.79 Å². The lowest BCUT2D eigenvalue weighted by atomic mass is 10.1. The van der Waals surface area contributed by atoms with Crippen molar-refractivity contribution in [3.63, 3.8) is 0 Å². The highest BCUT2D eigenvalue weighted by Crippen LogP contribution is 2.28. The number of hydrogen-bond acceptors (Lipinski definition) is 5. The van der Waals surface area contributed by atoms with Crippen LogP contribution in [0.1, 0.15) is 38.1 Å². The van der Waals surface area contributed by atoms with Crippen LogP contribution in [0.15, 0.2) is 24.3 Å². The van der Waals surface area contributed by atoms with E-state index in [2.05, 4.69) is 19.6 Å². The molecule has 1 N–H and O–H groups in total. The molecule has 1 aliphatic rings. The Labute approximate surface area is 151 Å². The lowest BCUT2D eigenvalue weighted by molar-refractivity contribution is -0.122. The molecule has 1 aromatic heterocycles. The molecule has 1 saturated heterocycles. The van der Waals surface area contributed by atoms with Gasteiger partial charge < -0.3 is 10.2 Å². The van der Waals surface area contributed by atoms with Crippen LogP contribution in [0.2, 0.25) is 5.02 Å². The van der Waals surface area contributed by atoms with E-state index in [1.165, 1.54) is 11.5 Å². The van der Waals surface area contributed by atoms with E-state index in [-0.39, 0.29) is 18.0 Å². The van der Waals surface area contributed by atoms with E-state index in [0.717, 1.165) is 40.9 Å².